The van der Waals surface area contributed by atoms with Crippen molar-refractivity contribution >= 4 is 32.1 Å². The third-order valence-corrected chi connectivity index (χ3v) is 7.70. The van der Waals surface area contributed by atoms with Crippen molar-refractivity contribution in [3.8, 4) is 17.6 Å². The molecular formula is C27H31F3N4O4S. The lowest BCUT2D eigenvalue weighted by molar-refractivity contribution is -0.140. The third-order valence-electron chi connectivity index (χ3n) is 6.59. The van der Waals surface area contributed by atoms with Gasteiger partial charge in [0.2, 0.25) is 0 Å². The Labute approximate surface area is 225 Å². The standard InChI is InChI=1S/C27H31F3N4O4S/c1-33-13-11-22(25(35)16-33)32-21-7-4-8-24-20(21)14-18(34(24)17-27(28,29)30)6-5-12-31-23-10-9-19(39(3,36)37)15-26(23)38-2/h4,7-10,14-15,22,25,31-32,35H,11-13,16-17H2,1-3H3/t22-,25-/m1/s1. The van der Waals surface area contributed by atoms with Crippen LogP contribution in [0.4, 0.5) is 24.5 Å². The molecule has 2 aromatic carbocycles. The fourth-order valence-electron chi connectivity index (χ4n) is 4.64. The number of aromatic nitrogens is 1. The molecule has 12 heteroatoms. The molecule has 1 saturated heterocycles. The number of methoxy groups -OCH3 is 1. The van der Waals surface area contributed by atoms with E-state index in [1.165, 1.54) is 19.2 Å². The zero-order valence-electron chi connectivity index (χ0n) is 21.8. The number of rotatable bonds is 7. The molecule has 0 amide bonds. The Bertz CT molecular complexity index is 1510. The number of β-amino-alcohol motifs (C(OH)–C–C–N with tert-alkyl or cyclic N) is 1. The van der Waals surface area contributed by atoms with E-state index in [2.05, 4.69) is 22.5 Å². The molecule has 0 spiro atoms. The van der Waals surface area contributed by atoms with Gasteiger partial charge in [0.15, 0.2) is 9.84 Å². The van der Waals surface area contributed by atoms with Gasteiger partial charge in [0.25, 0.3) is 0 Å². The lowest BCUT2D eigenvalue weighted by Crippen LogP contribution is -2.48. The number of piperidine rings is 1. The van der Waals surface area contributed by atoms with Crippen LogP contribution in [0.25, 0.3) is 10.9 Å². The van der Waals surface area contributed by atoms with Gasteiger partial charge in [0.1, 0.15) is 12.3 Å². The highest BCUT2D eigenvalue weighted by molar-refractivity contribution is 7.90. The van der Waals surface area contributed by atoms with Crippen molar-refractivity contribution in [2.75, 3.05) is 50.7 Å². The number of anilines is 2. The first-order chi connectivity index (χ1) is 18.4. The summed E-state index contributed by atoms with van der Waals surface area (Å²) in [4.78, 5) is 2.13. The zero-order chi connectivity index (χ0) is 28.4. The maximum Gasteiger partial charge on any atom is 0.406 e. The van der Waals surface area contributed by atoms with Crippen molar-refractivity contribution in [2.45, 2.75) is 36.2 Å². The molecular weight excluding hydrogens is 533 g/mol. The second kappa shape index (κ2) is 11.4. The van der Waals surface area contributed by atoms with E-state index in [4.69, 9.17) is 4.74 Å². The molecule has 4 rings (SSSR count). The molecule has 0 radical (unpaired) electrons. The van der Waals surface area contributed by atoms with Gasteiger partial charge in [-0.25, -0.2) is 8.42 Å². The maximum absolute atomic E-state index is 13.5. The number of ether oxygens (including phenoxy) is 1. The summed E-state index contributed by atoms with van der Waals surface area (Å²) in [5.74, 6) is 6.00. The molecule has 2 heterocycles. The van der Waals surface area contributed by atoms with Crippen LogP contribution >= 0.6 is 0 Å². The zero-order valence-corrected chi connectivity index (χ0v) is 22.7. The molecule has 3 aromatic rings. The quantitative estimate of drug-likeness (QED) is 0.378. The van der Waals surface area contributed by atoms with E-state index < -0.39 is 28.7 Å². The summed E-state index contributed by atoms with van der Waals surface area (Å²) in [7, 11) is -0.0809. The van der Waals surface area contributed by atoms with Gasteiger partial charge in [0.05, 0.1) is 47.6 Å². The van der Waals surface area contributed by atoms with Gasteiger partial charge in [-0.05, 0) is 56.3 Å². The number of nitrogens with one attached hydrogen (secondary N) is 2. The molecule has 1 aromatic heterocycles. The van der Waals surface area contributed by atoms with Crippen molar-refractivity contribution in [3.63, 3.8) is 0 Å². The topological polar surface area (TPSA) is 95.8 Å². The molecule has 0 saturated carbocycles. The molecule has 3 N–H and O–H groups in total. The normalized spacial score (nSPS) is 18.4. The van der Waals surface area contributed by atoms with Crippen molar-refractivity contribution in [1.82, 2.24) is 9.47 Å². The SMILES string of the molecule is COc1cc(S(C)(=O)=O)ccc1NCC#Cc1cc2c(N[C@@H]3CCN(C)C[C@H]3O)cccc2n1CC(F)(F)F. The van der Waals surface area contributed by atoms with E-state index in [9.17, 15) is 26.7 Å². The van der Waals surface area contributed by atoms with Crippen LogP contribution in [0.1, 0.15) is 12.1 Å². The molecule has 1 fully saturated rings. The molecule has 0 bridgehead atoms. The second-order valence-corrected chi connectivity index (χ2v) is 11.6. The molecule has 0 unspecified atom stereocenters. The summed E-state index contributed by atoms with van der Waals surface area (Å²) in [6.45, 7) is 0.184. The molecule has 1 aliphatic rings. The van der Waals surface area contributed by atoms with E-state index in [1.807, 2.05) is 11.9 Å². The number of fused-ring (bicyclic) bond motifs is 1. The first-order valence-electron chi connectivity index (χ1n) is 12.3. The Kier molecular flexibility index (Phi) is 8.34. The molecule has 2 atom stereocenters. The van der Waals surface area contributed by atoms with Gasteiger partial charge in [-0.15, -0.1) is 0 Å². The summed E-state index contributed by atoms with van der Waals surface area (Å²) in [5.41, 5.74) is 1.72. The number of benzene rings is 2. The predicted molar refractivity (Wildman–Crippen MR) is 145 cm³/mol. The van der Waals surface area contributed by atoms with Crippen molar-refractivity contribution < 1.29 is 31.4 Å². The minimum absolute atomic E-state index is 0.0784. The van der Waals surface area contributed by atoms with Gasteiger partial charge < -0.3 is 29.9 Å². The van der Waals surface area contributed by atoms with Gasteiger partial charge >= 0.3 is 6.18 Å². The fraction of sp³-hybridized carbons (Fsp3) is 0.407. The van der Waals surface area contributed by atoms with Gasteiger partial charge in [-0.1, -0.05) is 12.0 Å². The summed E-state index contributed by atoms with van der Waals surface area (Å²) in [6.07, 6.45) is -3.27. The number of hydrogen-bond acceptors (Lipinski definition) is 7. The van der Waals surface area contributed by atoms with E-state index in [0.29, 0.717) is 41.0 Å². The number of aliphatic hydroxyl groups is 1. The predicted octanol–water partition coefficient (Wildman–Crippen LogP) is 3.56. The fourth-order valence-corrected chi connectivity index (χ4v) is 5.28. The monoisotopic (exact) mass is 564 g/mol. The molecule has 39 heavy (non-hydrogen) atoms. The Morgan fingerprint density at radius 3 is 2.62 bits per heavy atom. The first kappa shape index (κ1) is 28.6. The molecule has 8 nitrogen and oxygen atoms in total. The number of hydrogen-bond donors (Lipinski definition) is 3. The molecule has 0 aliphatic carbocycles. The van der Waals surface area contributed by atoms with Gasteiger partial charge in [0, 0.05) is 29.9 Å². The van der Waals surface area contributed by atoms with Crippen LogP contribution in [-0.4, -0.2) is 81.4 Å². The second-order valence-electron chi connectivity index (χ2n) is 9.63. The Balaban J connectivity index is 1.61. The van der Waals surface area contributed by atoms with Crippen LogP contribution in [-0.2, 0) is 16.4 Å². The number of alkyl halides is 3. The van der Waals surface area contributed by atoms with E-state index in [0.717, 1.165) is 17.4 Å². The first-order valence-corrected chi connectivity index (χ1v) is 14.2. The number of likely N-dealkylation sites (tertiary alicyclic amines) is 1. The van der Waals surface area contributed by atoms with E-state index in [-0.39, 0.29) is 23.2 Å². The highest BCUT2D eigenvalue weighted by atomic mass is 32.2. The highest BCUT2D eigenvalue weighted by Gasteiger charge is 2.30. The summed E-state index contributed by atoms with van der Waals surface area (Å²) < 4.78 is 70.5. The average molecular weight is 565 g/mol. The average Bonchev–Trinajstić information content (AvgIpc) is 3.19. The number of sulfone groups is 1. The van der Waals surface area contributed by atoms with E-state index in [1.54, 1.807) is 30.3 Å². The van der Waals surface area contributed by atoms with Crippen LogP contribution in [0.5, 0.6) is 5.75 Å². The van der Waals surface area contributed by atoms with Crippen molar-refractivity contribution in [3.05, 3.63) is 48.2 Å². The van der Waals surface area contributed by atoms with Crippen LogP contribution in [0.3, 0.4) is 0 Å². The highest BCUT2D eigenvalue weighted by Crippen LogP contribution is 2.31. The number of likely N-dealkylation sites (N-methyl/N-ethyl adjacent to an activating group) is 1. The minimum atomic E-state index is -4.46. The third kappa shape index (κ3) is 6.98. The van der Waals surface area contributed by atoms with Crippen LogP contribution < -0.4 is 15.4 Å². The molecule has 1 aliphatic heterocycles. The lowest BCUT2D eigenvalue weighted by Gasteiger charge is -2.34. The number of aliphatic hydroxyl groups excluding tert-OH is 1. The van der Waals surface area contributed by atoms with Gasteiger partial charge in [-0.2, -0.15) is 13.2 Å². The van der Waals surface area contributed by atoms with Crippen LogP contribution in [0.15, 0.2) is 47.4 Å². The lowest BCUT2D eigenvalue weighted by atomic mass is 10.0. The number of nitrogens with zero attached hydrogens (tertiary/aromatic N) is 2. The molecule has 210 valence electrons. The van der Waals surface area contributed by atoms with Crippen molar-refractivity contribution in [1.29, 1.82) is 0 Å². The number of halogens is 3. The maximum atomic E-state index is 13.5. The van der Waals surface area contributed by atoms with E-state index >= 15 is 0 Å². The van der Waals surface area contributed by atoms with Gasteiger partial charge in [-0.3, -0.25) is 0 Å². The largest absolute Gasteiger partial charge is 0.495 e. The Morgan fingerprint density at radius 1 is 1.18 bits per heavy atom. The Hall–Kier alpha value is -3.40. The summed E-state index contributed by atoms with van der Waals surface area (Å²) >= 11 is 0. The summed E-state index contributed by atoms with van der Waals surface area (Å²) in [6, 6.07) is 10.9. The summed E-state index contributed by atoms with van der Waals surface area (Å²) in [5, 5.41) is 17.4. The smallest absolute Gasteiger partial charge is 0.406 e. The minimum Gasteiger partial charge on any atom is -0.495 e. The van der Waals surface area contributed by atoms with Crippen LogP contribution in [0, 0.1) is 11.8 Å². The Morgan fingerprint density at radius 2 is 1.95 bits per heavy atom. The van der Waals surface area contributed by atoms with Crippen LogP contribution in [0.2, 0.25) is 0 Å². The van der Waals surface area contributed by atoms with Crippen molar-refractivity contribution in [2.24, 2.45) is 0 Å².